The van der Waals surface area contributed by atoms with Crippen molar-refractivity contribution in [2.45, 2.75) is 6.54 Å². The van der Waals surface area contributed by atoms with Gasteiger partial charge in [0.1, 0.15) is 11.7 Å². The summed E-state index contributed by atoms with van der Waals surface area (Å²) in [4.78, 5) is 13.7. The molecule has 29 heavy (non-hydrogen) atoms. The Hall–Kier alpha value is -2.74. The molecule has 0 spiro atoms. The van der Waals surface area contributed by atoms with Gasteiger partial charge in [0.25, 0.3) is 0 Å². The third-order valence-electron chi connectivity index (χ3n) is 5.26. The Balaban J connectivity index is 1.53. The van der Waals surface area contributed by atoms with Gasteiger partial charge in [-0.2, -0.15) is 11.3 Å². The van der Waals surface area contributed by atoms with E-state index in [1.165, 1.54) is 5.56 Å². The molecule has 2 aromatic heterocycles. The number of aliphatic imine (C=N–C) groups is 1. The van der Waals surface area contributed by atoms with Gasteiger partial charge in [-0.1, -0.05) is 12.1 Å². The predicted octanol–water partition coefficient (Wildman–Crippen LogP) is 3.18. The van der Waals surface area contributed by atoms with Crippen molar-refractivity contribution in [3.63, 3.8) is 0 Å². The standard InChI is InChI=1S/C22H26N6S/c1-27-9-11-28(12-10-27)14-16-2-4-18(5-3-16)26-22(24)20-19(6-8-25-21(20)23)17-7-13-29-15-17/h2-8,13,15H,9-12,14H2,1H3,(H2,23,25)(H2,24,26). The highest BCUT2D eigenvalue weighted by molar-refractivity contribution is 7.08. The van der Waals surface area contributed by atoms with E-state index in [0.29, 0.717) is 17.2 Å². The smallest absolute Gasteiger partial charge is 0.135 e. The van der Waals surface area contributed by atoms with Crippen molar-refractivity contribution in [3.8, 4) is 11.1 Å². The lowest BCUT2D eigenvalue weighted by Gasteiger charge is -2.32. The SMILES string of the molecule is CN1CCN(Cc2ccc(N=C(N)c3c(-c4ccsc4)ccnc3N)cc2)CC1. The number of nitrogens with zero attached hydrogens (tertiary/aromatic N) is 4. The molecule has 0 atom stereocenters. The molecule has 3 aromatic rings. The zero-order valence-electron chi connectivity index (χ0n) is 16.6. The molecule has 1 saturated heterocycles. The average Bonchev–Trinajstić information content (AvgIpc) is 3.25. The zero-order chi connectivity index (χ0) is 20.2. The van der Waals surface area contributed by atoms with Gasteiger partial charge in [0.05, 0.1) is 11.3 Å². The second-order valence-corrected chi connectivity index (χ2v) is 8.15. The van der Waals surface area contributed by atoms with Crippen LogP contribution in [0.5, 0.6) is 0 Å². The largest absolute Gasteiger partial charge is 0.383 e. The van der Waals surface area contributed by atoms with Crippen molar-refractivity contribution < 1.29 is 0 Å². The Morgan fingerprint density at radius 1 is 1.10 bits per heavy atom. The van der Waals surface area contributed by atoms with Gasteiger partial charge in [0.15, 0.2) is 0 Å². The lowest BCUT2D eigenvalue weighted by molar-refractivity contribution is 0.148. The maximum absolute atomic E-state index is 6.36. The number of aromatic nitrogens is 1. The average molecular weight is 407 g/mol. The molecule has 0 amide bonds. The van der Waals surface area contributed by atoms with Crippen molar-refractivity contribution >= 4 is 28.7 Å². The number of nitrogen functional groups attached to an aromatic ring is 1. The molecule has 0 bridgehead atoms. The number of rotatable bonds is 5. The van der Waals surface area contributed by atoms with Crippen LogP contribution in [0.1, 0.15) is 11.1 Å². The number of anilines is 1. The van der Waals surface area contributed by atoms with Gasteiger partial charge in [-0.3, -0.25) is 4.90 Å². The topological polar surface area (TPSA) is 83.8 Å². The van der Waals surface area contributed by atoms with E-state index in [1.807, 2.05) is 29.6 Å². The molecule has 0 radical (unpaired) electrons. The number of likely N-dealkylation sites (N-methyl/N-ethyl adjacent to an activating group) is 1. The van der Waals surface area contributed by atoms with Crippen LogP contribution in [0.15, 0.2) is 58.3 Å². The normalized spacial score (nSPS) is 16.2. The van der Waals surface area contributed by atoms with Gasteiger partial charge in [-0.05, 0) is 58.8 Å². The van der Waals surface area contributed by atoms with Crippen molar-refractivity contribution in [1.82, 2.24) is 14.8 Å². The summed E-state index contributed by atoms with van der Waals surface area (Å²) in [6.45, 7) is 5.42. The summed E-state index contributed by atoms with van der Waals surface area (Å²) in [5, 5.41) is 4.10. The summed E-state index contributed by atoms with van der Waals surface area (Å²) < 4.78 is 0. The molecule has 1 aromatic carbocycles. The van der Waals surface area contributed by atoms with Gasteiger partial charge in [-0.25, -0.2) is 9.98 Å². The van der Waals surface area contributed by atoms with Gasteiger partial charge in [-0.15, -0.1) is 0 Å². The van der Waals surface area contributed by atoms with Crippen molar-refractivity contribution in [1.29, 1.82) is 0 Å². The van der Waals surface area contributed by atoms with Gasteiger partial charge in [0, 0.05) is 38.9 Å². The predicted molar refractivity (Wildman–Crippen MR) is 122 cm³/mol. The fourth-order valence-electron chi connectivity index (χ4n) is 3.54. The molecule has 150 valence electrons. The number of hydrogen-bond donors (Lipinski definition) is 2. The van der Waals surface area contributed by atoms with Crippen LogP contribution in [-0.4, -0.2) is 53.8 Å². The first kappa shape index (κ1) is 19.6. The van der Waals surface area contributed by atoms with Crippen LogP contribution in [0.25, 0.3) is 11.1 Å². The number of benzene rings is 1. The van der Waals surface area contributed by atoms with Crippen molar-refractivity contribution in [2.75, 3.05) is 39.0 Å². The van der Waals surface area contributed by atoms with Crippen molar-refractivity contribution in [2.24, 2.45) is 10.7 Å². The summed E-state index contributed by atoms with van der Waals surface area (Å²) in [6, 6.07) is 12.2. The minimum atomic E-state index is 0.378. The molecule has 3 heterocycles. The number of pyridine rings is 1. The fraction of sp³-hybridized carbons (Fsp3) is 0.273. The van der Waals surface area contributed by atoms with E-state index in [9.17, 15) is 0 Å². The van der Waals surface area contributed by atoms with Crippen LogP contribution < -0.4 is 11.5 Å². The molecule has 4 rings (SSSR count). The molecule has 6 nitrogen and oxygen atoms in total. The van der Waals surface area contributed by atoms with Gasteiger partial charge < -0.3 is 16.4 Å². The van der Waals surface area contributed by atoms with Crippen LogP contribution in [0.4, 0.5) is 11.5 Å². The minimum absolute atomic E-state index is 0.378. The first-order valence-electron chi connectivity index (χ1n) is 9.71. The molecular weight excluding hydrogens is 380 g/mol. The van der Waals surface area contributed by atoms with Gasteiger partial charge in [0.2, 0.25) is 0 Å². The molecule has 1 aliphatic rings. The zero-order valence-corrected chi connectivity index (χ0v) is 17.4. The van der Waals surface area contributed by atoms with E-state index >= 15 is 0 Å². The van der Waals surface area contributed by atoms with Crippen LogP contribution in [0.2, 0.25) is 0 Å². The number of hydrogen-bond acceptors (Lipinski definition) is 6. The first-order valence-corrected chi connectivity index (χ1v) is 10.7. The summed E-state index contributed by atoms with van der Waals surface area (Å²) >= 11 is 1.63. The highest BCUT2D eigenvalue weighted by Gasteiger charge is 2.15. The van der Waals surface area contributed by atoms with Crippen LogP contribution in [0.3, 0.4) is 0 Å². The maximum Gasteiger partial charge on any atom is 0.135 e. The Morgan fingerprint density at radius 3 is 2.55 bits per heavy atom. The summed E-state index contributed by atoms with van der Waals surface area (Å²) in [5.74, 6) is 0.769. The Morgan fingerprint density at radius 2 is 1.86 bits per heavy atom. The Labute approximate surface area is 175 Å². The summed E-state index contributed by atoms with van der Waals surface area (Å²) in [5.41, 5.74) is 17.3. The lowest BCUT2D eigenvalue weighted by Crippen LogP contribution is -2.43. The molecule has 7 heteroatoms. The Bertz CT molecular complexity index is 973. The molecule has 1 fully saturated rings. The number of piperazine rings is 1. The second kappa shape index (κ2) is 8.73. The number of thiophene rings is 1. The third-order valence-corrected chi connectivity index (χ3v) is 5.94. The molecule has 4 N–H and O–H groups in total. The molecular formula is C22H26N6S. The first-order chi connectivity index (χ1) is 14.1. The van der Waals surface area contributed by atoms with Gasteiger partial charge >= 0.3 is 0 Å². The molecule has 1 aliphatic heterocycles. The van der Waals surface area contributed by atoms with Crippen molar-refractivity contribution in [3.05, 3.63) is 64.5 Å². The Kier molecular flexibility index (Phi) is 5.89. The summed E-state index contributed by atoms with van der Waals surface area (Å²) in [7, 11) is 2.17. The van der Waals surface area contributed by atoms with Crippen LogP contribution >= 0.6 is 11.3 Å². The third kappa shape index (κ3) is 4.64. The van der Waals surface area contributed by atoms with E-state index < -0.39 is 0 Å². The van der Waals surface area contributed by atoms with E-state index in [2.05, 4.69) is 44.3 Å². The molecule has 0 aliphatic carbocycles. The van der Waals surface area contributed by atoms with Crippen LogP contribution in [0, 0.1) is 0 Å². The van der Waals surface area contributed by atoms with E-state index in [0.717, 1.165) is 49.5 Å². The fourth-order valence-corrected chi connectivity index (χ4v) is 4.20. The maximum atomic E-state index is 6.36. The van der Waals surface area contributed by atoms with E-state index in [4.69, 9.17) is 11.5 Å². The van der Waals surface area contributed by atoms with E-state index in [-0.39, 0.29) is 0 Å². The lowest BCUT2D eigenvalue weighted by atomic mass is 10.0. The monoisotopic (exact) mass is 406 g/mol. The summed E-state index contributed by atoms with van der Waals surface area (Å²) in [6.07, 6.45) is 1.70. The molecule has 0 unspecified atom stereocenters. The number of nitrogens with two attached hydrogens (primary N) is 2. The quantitative estimate of drug-likeness (QED) is 0.502. The molecule has 0 saturated carbocycles. The highest BCUT2D eigenvalue weighted by Crippen LogP contribution is 2.29. The second-order valence-electron chi connectivity index (χ2n) is 7.37. The van der Waals surface area contributed by atoms with Crippen LogP contribution in [-0.2, 0) is 6.54 Å². The number of amidine groups is 1. The highest BCUT2D eigenvalue weighted by atomic mass is 32.1. The minimum Gasteiger partial charge on any atom is -0.383 e. The van der Waals surface area contributed by atoms with E-state index in [1.54, 1.807) is 17.5 Å².